The lowest BCUT2D eigenvalue weighted by atomic mass is 10.5. The third kappa shape index (κ3) is 3.85. The van der Waals surface area contributed by atoms with Crippen molar-refractivity contribution in [3.8, 4) is 0 Å². The van der Waals surface area contributed by atoms with Gasteiger partial charge in [-0.1, -0.05) is 0 Å². The molecule has 0 saturated heterocycles. The molecule has 2 amide bonds. The number of carbonyl (C=O) groups is 1. The van der Waals surface area contributed by atoms with E-state index in [0.717, 1.165) is 0 Å². The molecule has 1 rings (SSSR count). The fourth-order valence-corrected chi connectivity index (χ4v) is 0.539. The molecule has 2 N–H and O–H groups in total. The Kier molecular flexibility index (Phi) is 7.04. The number of nitrogens with zero attached hydrogens (tertiary/aromatic N) is 2. The molecule has 0 aromatic rings. The highest BCUT2D eigenvalue weighted by atomic mass is 35.5. The summed E-state index contributed by atoms with van der Waals surface area (Å²) in [4.78, 5) is 15.5. The molecule has 11 heavy (non-hydrogen) atoms. The molecule has 4 nitrogen and oxygen atoms in total. The molecule has 0 aromatic carbocycles. The van der Waals surface area contributed by atoms with Crippen LogP contribution in [0.1, 0.15) is 0 Å². The van der Waals surface area contributed by atoms with Crippen molar-refractivity contribution in [2.75, 3.05) is 6.54 Å². The molecule has 0 bridgehead atoms. The minimum Gasteiger partial charge on any atom is -0.351 e. The second kappa shape index (κ2) is 6.00. The molecular weight excluding hydrogens is 189 g/mol. The standard InChI is InChI=1S/C5H7N3O.2ClH/c6-5(9)8-3-1-7-2-4-8;;/h1-3H,4H2,(H2,6,9);2*1H. The van der Waals surface area contributed by atoms with Crippen LogP contribution in [0.3, 0.4) is 0 Å². The number of urea groups is 1. The van der Waals surface area contributed by atoms with Gasteiger partial charge in [-0.3, -0.25) is 9.89 Å². The molecule has 0 fully saturated rings. The third-order valence-electron chi connectivity index (χ3n) is 1.000. The van der Waals surface area contributed by atoms with Crippen molar-refractivity contribution in [2.24, 2.45) is 10.7 Å². The smallest absolute Gasteiger partial charge is 0.319 e. The average molecular weight is 198 g/mol. The summed E-state index contributed by atoms with van der Waals surface area (Å²) in [5, 5.41) is 0. The van der Waals surface area contributed by atoms with Crippen LogP contribution in [0.15, 0.2) is 17.4 Å². The van der Waals surface area contributed by atoms with Crippen LogP contribution in [0, 0.1) is 0 Å². The Labute approximate surface area is 77.0 Å². The predicted octanol–water partition coefficient (Wildman–Crippen LogP) is 0.766. The fraction of sp³-hybridized carbons (Fsp3) is 0.200. The molecule has 0 atom stereocenters. The van der Waals surface area contributed by atoms with Crippen molar-refractivity contribution >= 4 is 37.1 Å². The van der Waals surface area contributed by atoms with E-state index >= 15 is 0 Å². The Morgan fingerprint density at radius 1 is 1.55 bits per heavy atom. The van der Waals surface area contributed by atoms with E-state index in [1.807, 2.05) is 0 Å². The highest BCUT2D eigenvalue weighted by molar-refractivity contribution is 5.85. The van der Waals surface area contributed by atoms with Gasteiger partial charge in [-0.15, -0.1) is 24.8 Å². The lowest BCUT2D eigenvalue weighted by Gasteiger charge is -2.13. The van der Waals surface area contributed by atoms with Gasteiger partial charge >= 0.3 is 6.03 Å². The quantitative estimate of drug-likeness (QED) is 0.613. The minimum absolute atomic E-state index is 0. The van der Waals surface area contributed by atoms with Gasteiger partial charge in [0.25, 0.3) is 0 Å². The maximum absolute atomic E-state index is 10.4. The second-order valence-corrected chi connectivity index (χ2v) is 1.62. The number of hydrogen-bond donors (Lipinski definition) is 1. The van der Waals surface area contributed by atoms with E-state index in [0.29, 0.717) is 6.54 Å². The number of halogens is 2. The van der Waals surface area contributed by atoms with Gasteiger partial charge in [-0.05, 0) is 0 Å². The Hall–Kier alpha value is -0.740. The summed E-state index contributed by atoms with van der Waals surface area (Å²) < 4.78 is 0. The van der Waals surface area contributed by atoms with Gasteiger partial charge in [0, 0.05) is 18.6 Å². The van der Waals surface area contributed by atoms with Gasteiger partial charge in [-0.2, -0.15) is 0 Å². The molecule has 0 aromatic heterocycles. The van der Waals surface area contributed by atoms with Crippen LogP contribution in [0.4, 0.5) is 4.79 Å². The van der Waals surface area contributed by atoms with Crippen LogP contribution in [-0.4, -0.2) is 23.7 Å². The first-order valence-corrected chi connectivity index (χ1v) is 2.55. The largest absolute Gasteiger partial charge is 0.351 e. The van der Waals surface area contributed by atoms with Gasteiger partial charge in [0.05, 0.1) is 6.54 Å². The van der Waals surface area contributed by atoms with Gasteiger partial charge in [-0.25, -0.2) is 4.79 Å². The molecule has 64 valence electrons. The molecule has 1 aliphatic heterocycles. The van der Waals surface area contributed by atoms with E-state index in [1.54, 1.807) is 12.4 Å². The van der Waals surface area contributed by atoms with Crippen molar-refractivity contribution in [2.45, 2.75) is 0 Å². The predicted molar refractivity (Wildman–Crippen MR) is 48.4 cm³/mol. The van der Waals surface area contributed by atoms with Crippen molar-refractivity contribution in [1.82, 2.24) is 4.90 Å². The van der Waals surface area contributed by atoms with Gasteiger partial charge < -0.3 is 5.73 Å². The number of aliphatic imine (C=N–C) groups is 1. The molecule has 0 spiro atoms. The SMILES string of the molecule is Cl.Cl.NC(=O)N1C=CN=CC1. The highest BCUT2D eigenvalue weighted by Crippen LogP contribution is 1.92. The summed E-state index contributed by atoms with van der Waals surface area (Å²) in [6.45, 7) is 0.478. The normalized spacial score (nSPS) is 13.3. The summed E-state index contributed by atoms with van der Waals surface area (Å²) in [7, 11) is 0. The summed E-state index contributed by atoms with van der Waals surface area (Å²) in [5.74, 6) is 0. The maximum atomic E-state index is 10.4. The summed E-state index contributed by atoms with van der Waals surface area (Å²) in [5.41, 5.74) is 4.94. The van der Waals surface area contributed by atoms with Gasteiger partial charge in [0.15, 0.2) is 0 Å². The summed E-state index contributed by atoms with van der Waals surface area (Å²) in [6.07, 6.45) is 4.68. The number of carbonyl (C=O) groups excluding carboxylic acids is 1. The molecule has 0 radical (unpaired) electrons. The summed E-state index contributed by atoms with van der Waals surface area (Å²) in [6, 6.07) is -0.447. The zero-order valence-electron chi connectivity index (χ0n) is 5.64. The van der Waals surface area contributed by atoms with Crippen LogP contribution in [0.5, 0.6) is 0 Å². The van der Waals surface area contributed by atoms with E-state index in [1.165, 1.54) is 11.1 Å². The molecule has 6 heteroatoms. The number of amides is 2. The second-order valence-electron chi connectivity index (χ2n) is 1.62. The molecule has 0 aliphatic carbocycles. The summed E-state index contributed by atoms with van der Waals surface area (Å²) >= 11 is 0. The van der Waals surface area contributed by atoms with Crippen LogP contribution in [0.2, 0.25) is 0 Å². The van der Waals surface area contributed by atoms with Crippen molar-refractivity contribution < 1.29 is 4.79 Å². The van der Waals surface area contributed by atoms with Gasteiger partial charge in [0.2, 0.25) is 0 Å². The average Bonchev–Trinajstić information content (AvgIpc) is 1.90. The highest BCUT2D eigenvalue weighted by Gasteiger charge is 2.03. The van der Waals surface area contributed by atoms with Crippen LogP contribution in [-0.2, 0) is 0 Å². The zero-order valence-corrected chi connectivity index (χ0v) is 7.27. The molecule has 0 saturated carbocycles. The Morgan fingerprint density at radius 3 is 2.45 bits per heavy atom. The minimum atomic E-state index is -0.447. The number of hydrogen-bond acceptors (Lipinski definition) is 2. The Bertz CT molecular complexity index is 181. The monoisotopic (exact) mass is 197 g/mol. The zero-order chi connectivity index (χ0) is 6.69. The number of primary amides is 1. The van der Waals surface area contributed by atoms with Crippen molar-refractivity contribution in [3.05, 3.63) is 12.4 Å². The van der Waals surface area contributed by atoms with Crippen LogP contribution in [0.25, 0.3) is 0 Å². The fourth-order valence-electron chi connectivity index (χ4n) is 0.539. The Morgan fingerprint density at radius 2 is 2.18 bits per heavy atom. The topological polar surface area (TPSA) is 58.7 Å². The lowest BCUT2D eigenvalue weighted by molar-refractivity contribution is 0.229. The van der Waals surface area contributed by atoms with E-state index in [9.17, 15) is 4.79 Å². The lowest BCUT2D eigenvalue weighted by Crippen LogP contribution is -2.33. The number of nitrogens with two attached hydrogens (primary N) is 1. The first kappa shape index (κ1) is 12.9. The molecule has 1 aliphatic rings. The van der Waals surface area contributed by atoms with Crippen LogP contribution >= 0.6 is 24.8 Å². The number of rotatable bonds is 0. The first-order chi connectivity index (χ1) is 4.30. The molecule has 0 unspecified atom stereocenters. The molecule has 1 heterocycles. The van der Waals surface area contributed by atoms with Crippen molar-refractivity contribution in [3.63, 3.8) is 0 Å². The van der Waals surface area contributed by atoms with E-state index < -0.39 is 6.03 Å². The molecular formula is C5H9Cl2N3O. The van der Waals surface area contributed by atoms with E-state index in [4.69, 9.17) is 5.73 Å². The van der Waals surface area contributed by atoms with E-state index in [2.05, 4.69) is 4.99 Å². The van der Waals surface area contributed by atoms with Crippen LogP contribution < -0.4 is 5.73 Å². The Balaban J connectivity index is 0. The van der Waals surface area contributed by atoms with Gasteiger partial charge in [0.1, 0.15) is 0 Å². The van der Waals surface area contributed by atoms with Crippen molar-refractivity contribution in [1.29, 1.82) is 0 Å². The van der Waals surface area contributed by atoms with E-state index in [-0.39, 0.29) is 24.8 Å². The first-order valence-electron chi connectivity index (χ1n) is 2.55. The maximum Gasteiger partial charge on any atom is 0.319 e. The third-order valence-corrected chi connectivity index (χ3v) is 1.000.